The minimum absolute atomic E-state index is 0.00957. The lowest BCUT2D eigenvalue weighted by Crippen LogP contribution is -2.51. The summed E-state index contributed by atoms with van der Waals surface area (Å²) in [6, 6.07) is 8.34. The maximum absolute atomic E-state index is 12.8. The Balaban J connectivity index is 1.61. The molecule has 1 aromatic carbocycles. The number of carbonyl (C=O) groups is 1. The van der Waals surface area contributed by atoms with E-state index >= 15 is 0 Å². The van der Waals surface area contributed by atoms with Crippen molar-refractivity contribution in [3.63, 3.8) is 0 Å². The van der Waals surface area contributed by atoms with Gasteiger partial charge in [0.1, 0.15) is 10.7 Å². The van der Waals surface area contributed by atoms with Crippen LogP contribution in [-0.2, 0) is 20.0 Å². The highest BCUT2D eigenvalue weighted by Crippen LogP contribution is 2.21. The number of pyridine rings is 1. The van der Waals surface area contributed by atoms with Gasteiger partial charge in [0.15, 0.2) is 0 Å². The Hall–Kier alpha value is -2.25. The SMILES string of the molecule is CN(C)S(=O)(=O)c1ccc(NC(=O)N2CCN(S(=O)(=O)c3cccc(Cl)c3)CC2)nc1. The van der Waals surface area contributed by atoms with Gasteiger partial charge in [-0.05, 0) is 30.3 Å². The van der Waals surface area contributed by atoms with Crippen molar-refractivity contribution in [2.75, 3.05) is 45.6 Å². The highest BCUT2D eigenvalue weighted by Gasteiger charge is 2.30. The fraction of sp³-hybridized carbons (Fsp3) is 0.333. The first-order valence-electron chi connectivity index (χ1n) is 9.22. The number of nitrogens with zero attached hydrogens (tertiary/aromatic N) is 4. The first-order valence-corrected chi connectivity index (χ1v) is 12.5. The fourth-order valence-corrected chi connectivity index (χ4v) is 5.49. The number of aromatic nitrogens is 1. The van der Waals surface area contributed by atoms with Crippen molar-refractivity contribution in [2.45, 2.75) is 9.79 Å². The minimum Gasteiger partial charge on any atom is -0.322 e. The lowest BCUT2D eigenvalue weighted by Gasteiger charge is -2.33. The Bertz CT molecular complexity index is 1160. The molecule has 0 aliphatic carbocycles. The van der Waals surface area contributed by atoms with Crippen molar-refractivity contribution in [3.8, 4) is 0 Å². The number of benzene rings is 1. The molecule has 0 unspecified atom stereocenters. The van der Waals surface area contributed by atoms with E-state index in [0.29, 0.717) is 5.02 Å². The Morgan fingerprint density at radius 1 is 1.03 bits per heavy atom. The molecular weight excluding hydrogens is 466 g/mol. The number of anilines is 1. The Labute approximate surface area is 186 Å². The number of piperazine rings is 1. The number of nitrogens with one attached hydrogen (secondary N) is 1. The topological polar surface area (TPSA) is 120 Å². The molecule has 1 aromatic heterocycles. The van der Waals surface area contributed by atoms with E-state index in [-0.39, 0.29) is 41.8 Å². The molecule has 0 spiro atoms. The van der Waals surface area contributed by atoms with Crippen LogP contribution < -0.4 is 5.32 Å². The summed E-state index contributed by atoms with van der Waals surface area (Å²) in [7, 11) is -4.48. The van der Waals surface area contributed by atoms with Crippen LogP contribution in [0.15, 0.2) is 52.4 Å². The zero-order chi connectivity index (χ0) is 22.8. The first-order chi connectivity index (χ1) is 14.5. The summed E-state index contributed by atoms with van der Waals surface area (Å²) in [6.45, 7) is 0.656. The quantitative estimate of drug-likeness (QED) is 0.682. The largest absolute Gasteiger partial charge is 0.323 e. The van der Waals surface area contributed by atoms with Crippen LogP contribution in [-0.4, -0.2) is 81.6 Å². The number of halogens is 1. The van der Waals surface area contributed by atoms with Crippen LogP contribution >= 0.6 is 11.6 Å². The second-order valence-corrected chi connectivity index (χ2v) is 11.5. The monoisotopic (exact) mass is 487 g/mol. The van der Waals surface area contributed by atoms with Crippen molar-refractivity contribution in [2.24, 2.45) is 0 Å². The number of rotatable bonds is 5. The molecule has 2 aromatic rings. The maximum atomic E-state index is 12.8. The van der Waals surface area contributed by atoms with Gasteiger partial charge in [0.25, 0.3) is 0 Å². The van der Waals surface area contributed by atoms with Gasteiger partial charge in [0, 0.05) is 51.5 Å². The molecule has 10 nitrogen and oxygen atoms in total. The van der Waals surface area contributed by atoms with Crippen molar-refractivity contribution < 1.29 is 21.6 Å². The molecule has 1 aliphatic heterocycles. The number of urea groups is 1. The molecule has 0 atom stereocenters. The van der Waals surface area contributed by atoms with Crippen LogP contribution in [0.3, 0.4) is 0 Å². The molecule has 31 heavy (non-hydrogen) atoms. The predicted octanol–water partition coefficient (Wildman–Crippen LogP) is 1.52. The van der Waals surface area contributed by atoms with E-state index in [0.717, 1.165) is 4.31 Å². The predicted molar refractivity (Wildman–Crippen MR) is 116 cm³/mol. The van der Waals surface area contributed by atoms with Crippen molar-refractivity contribution in [1.82, 2.24) is 18.5 Å². The first kappa shape index (κ1) is 23.4. The molecule has 0 bridgehead atoms. The summed E-state index contributed by atoms with van der Waals surface area (Å²) in [4.78, 5) is 18.1. The molecule has 168 valence electrons. The van der Waals surface area contributed by atoms with E-state index in [1.807, 2.05) is 0 Å². The van der Waals surface area contributed by atoms with Crippen LogP contribution in [0, 0.1) is 0 Å². The van der Waals surface area contributed by atoms with Gasteiger partial charge in [-0.1, -0.05) is 17.7 Å². The number of carbonyl (C=O) groups excluding carboxylic acids is 1. The van der Waals surface area contributed by atoms with Gasteiger partial charge < -0.3 is 4.90 Å². The summed E-state index contributed by atoms with van der Waals surface area (Å²) < 4.78 is 52.0. The van der Waals surface area contributed by atoms with Gasteiger partial charge in [0.05, 0.1) is 4.90 Å². The van der Waals surface area contributed by atoms with Crippen LogP contribution in [0.1, 0.15) is 0 Å². The van der Waals surface area contributed by atoms with Gasteiger partial charge in [0.2, 0.25) is 20.0 Å². The standard InChI is InChI=1S/C18H22ClN5O5S2/c1-22(2)30(26,27)16-6-7-17(20-13-16)21-18(25)23-8-10-24(11-9-23)31(28,29)15-5-3-4-14(19)12-15/h3-7,12-13H,8-11H2,1-2H3,(H,20,21,25). The van der Waals surface area contributed by atoms with Crippen LogP contribution in [0.2, 0.25) is 5.02 Å². The van der Waals surface area contributed by atoms with E-state index in [9.17, 15) is 21.6 Å². The summed E-state index contributed by atoms with van der Waals surface area (Å²) in [5.41, 5.74) is 0. The van der Waals surface area contributed by atoms with Crippen molar-refractivity contribution >= 4 is 43.5 Å². The highest BCUT2D eigenvalue weighted by atomic mass is 35.5. The van der Waals surface area contributed by atoms with E-state index in [2.05, 4.69) is 10.3 Å². The summed E-state index contributed by atoms with van der Waals surface area (Å²) in [5.74, 6) is 0.191. The molecule has 13 heteroatoms. The molecule has 2 amide bonds. The molecule has 3 rings (SSSR count). The average molecular weight is 488 g/mol. The Kier molecular flexibility index (Phi) is 6.86. The van der Waals surface area contributed by atoms with E-state index in [1.54, 1.807) is 12.1 Å². The zero-order valence-electron chi connectivity index (χ0n) is 16.9. The van der Waals surface area contributed by atoms with Crippen LogP contribution in [0.25, 0.3) is 0 Å². The molecule has 1 aliphatic rings. The highest BCUT2D eigenvalue weighted by molar-refractivity contribution is 7.89. The summed E-state index contributed by atoms with van der Waals surface area (Å²) in [5, 5.41) is 2.92. The van der Waals surface area contributed by atoms with Crippen LogP contribution in [0.4, 0.5) is 10.6 Å². The second kappa shape index (κ2) is 9.09. The molecular formula is C18H22ClN5O5S2. The Morgan fingerprint density at radius 2 is 1.71 bits per heavy atom. The molecule has 0 radical (unpaired) electrons. The molecule has 2 heterocycles. The van der Waals surface area contributed by atoms with E-state index < -0.39 is 26.1 Å². The van der Waals surface area contributed by atoms with Gasteiger partial charge >= 0.3 is 6.03 Å². The molecule has 0 saturated carbocycles. The normalized spacial score (nSPS) is 15.8. The third kappa shape index (κ3) is 5.15. The van der Waals surface area contributed by atoms with Crippen molar-refractivity contribution in [3.05, 3.63) is 47.6 Å². The minimum atomic E-state index is -3.70. The number of hydrogen-bond donors (Lipinski definition) is 1. The smallest absolute Gasteiger partial charge is 0.322 e. The van der Waals surface area contributed by atoms with Gasteiger partial charge in [-0.3, -0.25) is 5.32 Å². The number of amides is 2. The lowest BCUT2D eigenvalue weighted by molar-refractivity contribution is 0.184. The van der Waals surface area contributed by atoms with E-state index in [1.165, 1.54) is 53.8 Å². The zero-order valence-corrected chi connectivity index (χ0v) is 19.3. The summed E-state index contributed by atoms with van der Waals surface area (Å²) in [6.07, 6.45) is 1.17. The average Bonchev–Trinajstić information content (AvgIpc) is 2.74. The molecule has 1 fully saturated rings. The molecule has 1 N–H and O–H groups in total. The third-order valence-electron chi connectivity index (χ3n) is 4.71. The summed E-state index contributed by atoms with van der Waals surface area (Å²) >= 11 is 5.90. The van der Waals surface area contributed by atoms with E-state index in [4.69, 9.17) is 11.6 Å². The van der Waals surface area contributed by atoms with Gasteiger partial charge in [-0.25, -0.2) is 30.9 Å². The number of hydrogen-bond acceptors (Lipinski definition) is 6. The lowest BCUT2D eigenvalue weighted by atomic mass is 10.4. The van der Waals surface area contributed by atoms with Crippen molar-refractivity contribution in [1.29, 1.82) is 0 Å². The molecule has 1 saturated heterocycles. The van der Waals surface area contributed by atoms with Gasteiger partial charge in [-0.2, -0.15) is 4.31 Å². The second-order valence-electron chi connectivity index (χ2n) is 6.95. The number of sulfonamides is 2. The third-order valence-corrected chi connectivity index (χ3v) is 8.64. The van der Waals surface area contributed by atoms with Crippen LogP contribution in [0.5, 0.6) is 0 Å². The fourth-order valence-electron chi connectivity index (χ4n) is 2.91. The van der Waals surface area contributed by atoms with Gasteiger partial charge in [-0.15, -0.1) is 0 Å². The maximum Gasteiger partial charge on any atom is 0.323 e. The Morgan fingerprint density at radius 3 is 2.26 bits per heavy atom.